The number of hydrogen-bond acceptors (Lipinski definition) is 4. The van der Waals surface area contributed by atoms with Gasteiger partial charge in [-0.15, -0.1) is 0 Å². The van der Waals surface area contributed by atoms with Gasteiger partial charge in [0, 0.05) is 0 Å². The van der Waals surface area contributed by atoms with E-state index in [9.17, 15) is 0 Å². The average molecular weight is 276 g/mol. The van der Waals surface area contributed by atoms with Gasteiger partial charge in [-0.2, -0.15) is 4.98 Å². The van der Waals surface area contributed by atoms with E-state index in [0.717, 1.165) is 0 Å². The first-order chi connectivity index (χ1) is 5.90. The largest absolute Gasteiger partial charge is 0.461 e. The van der Waals surface area contributed by atoms with Crippen LogP contribution in [0.4, 0.5) is 0 Å². The van der Waals surface area contributed by atoms with Gasteiger partial charge >= 0.3 is 0 Å². The van der Waals surface area contributed by atoms with Gasteiger partial charge in [-0.25, -0.2) is 0 Å². The maximum absolute atomic E-state index is 5.09. The van der Waals surface area contributed by atoms with Gasteiger partial charge in [0.15, 0.2) is 5.76 Å². The first-order valence-corrected chi connectivity index (χ1v) is 4.85. The molecule has 0 unspecified atom stereocenters. The van der Waals surface area contributed by atoms with Crippen molar-refractivity contribution >= 4 is 22.6 Å². The van der Waals surface area contributed by atoms with E-state index in [1.807, 2.05) is 0 Å². The van der Waals surface area contributed by atoms with E-state index >= 15 is 0 Å². The molecule has 0 saturated heterocycles. The Bertz CT molecular complexity index is 355. The summed E-state index contributed by atoms with van der Waals surface area (Å²) in [5.74, 6) is 1.75. The van der Waals surface area contributed by atoms with Crippen LogP contribution in [0.2, 0.25) is 0 Å². The van der Waals surface area contributed by atoms with Crippen LogP contribution < -0.4 is 0 Å². The minimum absolute atomic E-state index is 0.506. The van der Waals surface area contributed by atoms with E-state index in [2.05, 4.69) is 32.7 Å². The number of furan rings is 1. The zero-order valence-corrected chi connectivity index (χ0v) is 8.19. The highest BCUT2D eigenvalue weighted by Crippen LogP contribution is 2.16. The third-order valence-electron chi connectivity index (χ3n) is 1.32. The van der Waals surface area contributed by atoms with Crippen LogP contribution in [-0.4, -0.2) is 10.1 Å². The molecule has 0 aliphatic rings. The fraction of sp³-hybridized carbons (Fsp3) is 0.143. The molecule has 2 rings (SSSR count). The van der Waals surface area contributed by atoms with E-state index in [1.54, 1.807) is 18.4 Å². The van der Waals surface area contributed by atoms with Gasteiger partial charge in [0.2, 0.25) is 11.7 Å². The zero-order chi connectivity index (χ0) is 8.39. The van der Waals surface area contributed by atoms with Crippen molar-refractivity contribution in [2.24, 2.45) is 0 Å². The van der Waals surface area contributed by atoms with Gasteiger partial charge in [-0.1, -0.05) is 27.7 Å². The van der Waals surface area contributed by atoms with Crippen molar-refractivity contribution in [1.82, 2.24) is 10.1 Å². The topological polar surface area (TPSA) is 52.1 Å². The molecule has 0 saturated carbocycles. The number of halogens is 1. The standard InChI is InChI=1S/C7H5IN2O2/c8-4-6-9-7(10-12-6)5-2-1-3-11-5/h1-3H,4H2. The second-order valence-corrected chi connectivity index (χ2v) is 2.89. The van der Waals surface area contributed by atoms with Crippen molar-refractivity contribution in [3.8, 4) is 11.6 Å². The van der Waals surface area contributed by atoms with E-state index in [4.69, 9.17) is 8.94 Å². The summed E-state index contributed by atoms with van der Waals surface area (Å²) in [4.78, 5) is 4.09. The average Bonchev–Trinajstić information content (AvgIpc) is 2.75. The second kappa shape index (κ2) is 3.26. The molecule has 2 aromatic heterocycles. The lowest BCUT2D eigenvalue weighted by molar-refractivity contribution is 0.392. The molecule has 0 aliphatic carbocycles. The Balaban J connectivity index is 2.35. The molecule has 0 atom stereocenters. The predicted molar refractivity (Wildman–Crippen MR) is 49.7 cm³/mol. The third kappa shape index (κ3) is 1.36. The summed E-state index contributed by atoms with van der Waals surface area (Å²) in [7, 11) is 0. The maximum Gasteiger partial charge on any atom is 0.238 e. The highest BCUT2D eigenvalue weighted by atomic mass is 127. The Kier molecular flexibility index (Phi) is 2.11. The van der Waals surface area contributed by atoms with Gasteiger partial charge < -0.3 is 8.94 Å². The van der Waals surface area contributed by atoms with Gasteiger partial charge in [0.05, 0.1) is 10.7 Å². The van der Waals surface area contributed by atoms with E-state index in [1.165, 1.54) is 0 Å². The molecule has 12 heavy (non-hydrogen) atoms. The van der Waals surface area contributed by atoms with Crippen molar-refractivity contribution in [3.05, 3.63) is 24.3 Å². The number of rotatable bonds is 2. The summed E-state index contributed by atoms with van der Waals surface area (Å²) in [6.07, 6.45) is 1.58. The monoisotopic (exact) mass is 276 g/mol. The Hall–Kier alpha value is -0.850. The molecule has 0 N–H and O–H groups in total. The fourth-order valence-electron chi connectivity index (χ4n) is 0.815. The van der Waals surface area contributed by atoms with Gasteiger partial charge in [-0.3, -0.25) is 0 Å². The van der Waals surface area contributed by atoms with Crippen LogP contribution in [-0.2, 0) is 4.43 Å². The lowest BCUT2D eigenvalue weighted by Crippen LogP contribution is -1.77. The molecular weight excluding hydrogens is 271 g/mol. The smallest absolute Gasteiger partial charge is 0.238 e. The van der Waals surface area contributed by atoms with E-state index < -0.39 is 0 Å². The summed E-state index contributed by atoms with van der Waals surface area (Å²) >= 11 is 2.16. The molecule has 4 nitrogen and oxygen atoms in total. The van der Waals surface area contributed by atoms with Crippen LogP contribution in [0, 0.1) is 0 Å². The number of alkyl halides is 1. The Morgan fingerprint density at radius 1 is 1.50 bits per heavy atom. The molecule has 0 radical (unpaired) electrons. The molecule has 62 valence electrons. The summed E-state index contributed by atoms with van der Waals surface area (Å²) in [6.45, 7) is 0. The second-order valence-electron chi connectivity index (χ2n) is 2.12. The molecule has 0 fully saturated rings. The molecule has 0 aliphatic heterocycles. The molecule has 5 heteroatoms. The molecule has 2 heterocycles. The van der Waals surface area contributed by atoms with E-state index in [-0.39, 0.29) is 0 Å². The molecule has 0 spiro atoms. The van der Waals surface area contributed by atoms with Crippen LogP contribution in [0.15, 0.2) is 27.3 Å². The van der Waals surface area contributed by atoms with Crippen molar-refractivity contribution < 1.29 is 8.94 Å². The molecule has 0 amide bonds. The highest BCUT2D eigenvalue weighted by Gasteiger charge is 2.08. The first kappa shape index (κ1) is 7.78. The van der Waals surface area contributed by atoms with Crippen LogP contribution in [0.5, 0.6) is 0 Å². The van der Waals surface area contributed by atoms with Crippen molar-refractivity contribution in [3.63, 3.8) is 0 Å². The predicted octanol–water partition coefficient (Wildman–Crippen LogP) is 2.26. The summed E-state index contributed by atoms with van der Waals surface area (Å²) in [5, 5.41) is 3.74. The number of hydrogen-bond donors (Lipinski definition) is 0. The summed E-state index contributed by atoms with van der Waals surface area (Å²) in [6, 6.07) is 3.58. The minimum atomic E-state index is 0.506. The van der Waals surface area contributed by atoms with Crippen LogP contribution in [0.25, 0.3) is 11.6 Å². The number of nitrogens with zero attached hydrogens (tertiary/aromatic N) is 2. The zero-order valence-electron chi connectivity index (χ0n) is 6.03. The lowest BCUT2D eigenvalue weighted by Gasteiger charge is -1.81. The van der Waals surface area contributed by atoms with Gasteiger partial charge in [0.25, 0.3) is 0 Å². The van der Waals surface area contributed by atoms with Crippen molar-refractivity contribution in [2.45, 2.75) is 4.43 Å². The van der Waals surface area contributed by atoms with Gasteiger partial charge in [-0.05, 0) is 12.1 Å². The van der Waals surface area contributed by atoms with Crippen LogP contribution in [0.3, 0.4) is 0 Å². The molecule has 2 aromatic rings. The SMILES string of the molecule is ICc1nc(-c2ccco2)no1. The molecule has 0 aromatic carbocycles. The van der Waals surface area contributed by atoms with Gasteiger partial charge in [0.1, 0.15) is 0 Å². The fourth-order valence-corrected chi connectivity index (χ4v) is 1.12. The molecular formula is C7H5IN2O2. The van der Waals surface area contributed by atoms with Crippen molar-refractivity contribution in [2.75, 3.05) is 0 Å². The van der Waals surface area contributed by atoms with E-state index in [0.29, 0.717) is 21.9 Å². The maximum atomic E-state index is 5.09. The van der Waals surface area contributed by atoms with Crippen LogP contribution >= 0.6 is 22.6 Å². The summed E-state index contributed by atoms with van der Waals surface area (Å²) in [5.41, 5.74) is 0. The Morgan fingerprint density at radius 3 is 3.00 bits per heavy atom. The first-order valence-electron chi connectivity index (χ1n) is 3.32. The Labute approximate surface area is 82.1 Å². The minimum Gasteiger partial charge on any atom is -0.461 e. The highest BCUT2D eigenvalue weighted by molar-refractivity contribution is 14.1. The lowest BCUT2D eigenvalue weighted by atomic mass is 10.4. The Morgan fingerprint density at radius 2 is 2.42 bits per heavy atom. The molecule has 0 bridgehead atoms. The normalized spacial score (nSPS) is 10.4. The third-order valence-corrected chi connectivity index (χ3v) is 1.98. The van der Waals surface area contributed by atoms with Crippen LogP contribution in [0.1, 0.15) is 5.89 Å². The number of aromatic nitrogens is 2. The summed E-state index contributed by atoms with van der Waals surface area (Å²) < 4.78 is 10.7. The quantitative estimate of drug-likeness (QED) is 0.623. The van der Waals surface area contributed by atoms with Crippen molar-refractivity contribution in [1.29, 1.82) is 0 Å².